The first-order valence-corrected chi connectivity index (χ1v) is 9.72. The van der Waals surface area contributed by atoms with E-state index in [1.165, 1.54) is 18.5 Å². The number of ether oxygens (including phenoxy) is 2. The molecule has 7 heteroatoms. The number of anilines is 1. The molecule has 1 aromatic carbocycles. The van der Waals surface area contributed by atoms with Crippen LogP contribution in [0.4, 0.5) is 5.69 Å². The fourth-order valence-electron chi connectivity index (χ4n) is 3.22. The first kappa shape index (κ1) is 22.1. The lowest BCUT2D eigenvalue weighted by Crippen LogP contribution is -2.52. The number of hydrogen-bond acceptors (Lipinski definition) is 4. The van der Waals surface area contributed by atoms with E-state index >= 15 is 0 Å². The van der Waals surface area contributed by atoms with Gasteiger partial charge in [0.2, 0.25) is 0 Å². The summed E-state index contributed by atoms with van der Waals surface area (Å²) in [7, 11) is 3.57. The number of hydrogen-bond donors (Lipinski definition) is 1. The van der Waals surface area contributed by atoms with Crippen molar-refractivity contribution >= 4 is 35.6 Å². The van der Waals surface area contributed by atoms with E-state index in [9.17, 15) is 0 Å². The Hall–Kier alpha value is -1.22. The SMILES string of the molecule is CN=C(NCCCOCC1CC1)N1CCN(c2cccc(OC)c2)CC1.I. The summed E-state index contributed by atoms with van der Waals surface area (Å²) < 4.78 is 11.0. The molecule has 1 saturated heterocycles. The maximum Gasteiger partial charge on any atom is 0.193 e. The van der Waals surface area contributed by atoms with Gasteiger partial charge >= 0.3 is 0 Å². The molecule has 1 aliphatic carbocycles. The highest BCUT2D eigenvalue weighted by molar-refractivity contribution is 14.0. The molecule has 0 amide bonds. The molecule has 3 rings (SSSR count). The average Bonchev–Trinajstić information content (AvgIpc) is 3.52. The molecule has 0 radical (unpaired) electrons. The Bertz CT molecular complexity index is 587. The lowest BCUT2D eigenvalue weighted by molar-refractivity contribution is 0.122. The molecule has 0 bridgehead atoms. The van der Waals surface area contributed by atoms with E-state index in [0.29, 0.717) is 0 Å². The Labute approximate surface area is 180 Å². The first-order valence-electron chi connectivity index (χ1n) is 9.72. The summed E-state index contributed by atoms with van der Waals surface area (Å²) in [4.78, 5) is 9.18. The Kier molecular flexibility index (Phi) is 9.47. The number of rotatable bonds is 8. The van der Waals surface area contributed by atoms with Gasteiger partial charge in [-0.15, -0.1) is 24.0 Å². The third-order valence-electron chi connectivity index (χ3n) is 5.01. The molecule has 27 heavy (non-hydrogen) atoms. The Morgan fingerprint density at radius 2 is 2.00 bits per heavy atom. The van der Waals surface area contributed by atoms with Gasteiger partial charge in [0, 0.05) is 64.7 Å². The number of nitrogens with zero attached hydrogens (tertiary/aromatic N) is 3. The van der Waals surface area contributed by atoms with Crippen molar-refractivity contribution in [2.24, 2.45) is 10.9 Å². The molecule has 0 aromatic heterocycles. The minimum atomic E-state index is 0. The number of guanidine groups is 1. The number of methoxy groups -OCH3 is 1. The van der Waals surface area contributed by atoms with E-state index in [2.05, 4.69) is 32.2 Å². The van der Waals surface area contributed by atoms with E-state index < -0.39 is 0 Å². The molecule has 6 nitrogen and oxygen atoms in total. The summed E-state index contributed by atoms with van der Waals surface area (Å²) >= 11 is 0. The largest absolute Gasteiger partial charge is 0.497 e. The van der Waals surface area contributed by atoms with Crippen LogP contribution >= 0.6 is 24.0 Å². The highest BCUT2D eigenvalue weighted by Crippen LogP contribution is 2.28. The van der Waals surface area contributed by atoms with Crippen LogP contribution in [0.15, 0.2) is 29.3 Å². The number of halogens is 1. The molecular weight excluding hydrogens is 455 g/mol. The molecular formula is C20H33IN4O2. The summed E-state index contributed by atoms with van der Waals surface area (Å²) in [6.45, 7) is 6.60. The second-order valence-corrected chi connectivity index (χ2v) is 7.02. The van der Waals surface area contributed by atoms with E-state index in [4.69, 9.17) is 9.47 Å². The van der Waals surface area contributed by atoms with E-state index in [1.807, 2.05) is 19.2 Å². The van der Waals surface area contributed by atoms with Crippen molar-refractivity contribution in [1.82, 2.24) is 10.2 Å². The Morgan fingerprint density at radius 1 is 1.22 bits per heavy atom. The third kappa shape index (κ3) is 7.03. The molecule has 1 N–H and O–H groups in total. The van der Waals surface area contributed by atoms with Crippen LogP contribution < -0.4 is 15.0 Å². The van der Waals surface area contributed by atoms with E-state index in [0.717, 1.165) is 70.0 Å². The highest BCUT2D eigenvalue weighted by atomic mass is 127. The lowest BCUT2D eigenvalue weighted by atomic mass is 10.2. The standard InChI is InChI=1S/C20H32N4O2.HI/c1-21-20(22-9-4-14-26-16-17-7-8-17)24-12-10-23(11-13-24)18-5-3-6-19(15-18)25-2;/h3,5-6,15,17H,4,7-14,16H2,1-2H3,(H,21,22);1H. The summed E-state index contributed by atoms with van der Waals surface area (Å²) in [5, 5.41) is 3.47. The van der Waals surface area contributed by atoms with Crippen molar-refractivity contribution in [3.63, 3.8) is 0 Å². The zero-order chi connectivity index (χ0) is 18.2. The number of piperazine rings is 1. The summed E-state index contributed by atoms with van der Waals surface area (Å²) in [6, 6.07) is 8.28. The van der Waals surface area contributed by atoms with Crippen LogP contribution in [-0.4, -0.2) is 71.0 Å². The van der Waals surface area contributed by atoms with Gasteiger partial charge in [0.15, 0.2) is 5.96 Å². The van der Waals surface area contributed by atoms with Crippen LogP contribution in [0, 0.1) is 5.92 Å². The quantitative estimate of drug-likeness (QED) is 0.264. The molecule has 1 aromatic rings. The molecule has 2 fully saturated rings. The first-order chi connectivity index (χ1) is 12.8. The minimum absolute atomic E-state index is 0. The maximum atomic E-state index is 5.69. The molecule has 0 spiro atoms. The zero-order valence-corrected chi connectivity index (χ0v) is 18.9. The minimum Gasteiger partial charge on any atom is -0.497 e. The Balaban J connectivity index is 0.00000261. The van der Waals surface area contributed by atoms with Crippen molar-refractivity contribution in [3.05, 3.63) is 24.3 Å². The van der Waals surface area contributed by atoms with Gasteiger partial charge in [-0.25, -0.2) is 0 Å². The van der Waals surface area contributed by atoms with Gasteiger partial charge < -0.3 is 24.6 Å². The molecule has 1 aliphatic heterocycles. The van der Waals surface area contributed by atoms with Crippen LogP contribution in [-0.2, 0) is 4.74 Å². The van der Waals surface area contributed by atoms with Crippen molar-refractivity contribution in [1.29, 1.82) is 0 Å². The van der Waals surface area contributed by atoms with Gasteiger partial charge in [-0.1, -0.05) is 6.07 Å². The van der Waals surface area contributed by atoms with Gasteiger partial charge in [-0.3, -0.25) is 4.99 Å². The number of aliphatic imine (C=N–C) groups is 1. The highest BCUT2D eigenvalue weighted by Gasteiger charge is 2.21. The van der Waals surface area contributed by atoms with Gasteiger partial charge in [-0.2, -0.15) is 0 Å². The summed E-state index contributed by atoms with van der Waals surface area (Å²) in [5.41, 5.74) is 1.22. The zero-order valence-electron chi connectivity index (χ0n) is 16.5. The lowest BCUT2D eigenvalue weighted by Gasteiger charge is -2.37. The fourth-order valence-corrected chi connectivity index (χ4v) is 3.22. The Morgan fingerprint density at radius 3 is 2.67 bits per heavy atom. The van der Waals surface area contributed by atoms with Crippen LogP contribution in [0.25, 0.3) is 0 Å². The average molecular weight is 488 g/mol. The van der Waals surface area contributed by atoms with Crippen LogP contribution in [0.1, 0.15) is 19.3 Å². The molecule has 2 aliphatic rings. The maximum absolute atomic E-state index is 5.69. The normalized spacial score (nSPS) is 17.5. The van der Waals surface area contributed by atoms with Crippen molar-refractivity contribution < 1.29 is 9.47 Å². The second kappa shape index (κ2) is 11.6. The molecule has 1 heterocycles. The van der Waals surface area contributed by atoms with Crippen LogP contribution in [0.5, 0.6) is 5.75 Å². The predicted octanol–water partition coefficient (Wildman–Crippen LogP) is 2.83. The van der Waals surface area contributed by atoms with E-state index in [1.54, 1.807) is 7.11 Å². The number of benzene rings is 1. The van der Waals surface area contributed by atoms with Crippen molar-refractivity contribution in [2.45, 2.75) is 19.3 Å². The molecule has 0 unspecified atom stereocenters. The van der Waals surface area contributed by atoms with Gasteiger partial charge in [0.25, 0.3) is 0 Å². The second-order valence-electron chi connectivity index (χ2n) is 7.02. The monoisotopic (exact) mass is 488 g/mol. The summed E-state index contributed by atoms with van der Waals surface area (Å²) in [6.07, 6.45) is 3.73. The number of nitrogens with one attached hydrogen (secondary N) is 1. The molecule has 152 valence electrons. The van der Waals surface area contributed by atoms with Crippen molar-refractivity contribution in [2.75, 3.05) is 65.0 Å². The van der Waals surface area contributed by atoms with Gasteiger partial charge in [0.1, 0.15) is 5.75 Å². The predicted molar refractivity (Wildman–Crippen MR) is 122 cm³/mol. The smallest absolute Gasteiger partial charge is 0.193 e. The fraction of sp³-hybridized carbons (Fsp3) is 0.650. The topological polar surface area (TPSA) is 49.3 Å². The van der Waals surface area contributed by atoms with Gasteiger partial charge in [0.05, 0.1) is 7.11 Å². The van der Waals surface area contributed by atoms with Gasteiger partial charge in [-0.05, 0) is 37.3 Å². The van der Waals surface area contributed by atoms with E-state index in [-0.39, 0.29) is 24.0 Å². The molecule has 0 atom stereocenters. The molecule has 1 saturated carbocycles. The van der Waals surface area contributed by atoms with Crippen molar-refractivity contribution in [3.8, 4) is 5.75 Å². The van der Waals surface area contributed by atoms with Crippen LogP contribution in [0.2, 0.25) is 0 Å². The van der Waals surface area contributed by atoms with Crippen LogP contribution in [0.3, 0.4) is 0 Å². The third-order valence-corrected chi connectivity index (χ3v) is 5.01. The summed E-state index contributed by atoms with van der Waals surface area (Å²) in [5.74, 6) is 2.75.